The Morgan fingerprint density at radius 3 is 2.94 bits per heavy atom. The second kappa shape index (κ2) is 4.89. The number of nitrogens with one attached hydrogen (secondary N) is 1. The van der Waals surface area contributed by atoms with E-state index in [1.807, 2.05) is 6.07 Å². The molecule has 1 fully saturated rings. The second-order valence-electron chi connectivity index (χ2n) is 4.62. The molecule has 96 valence electrons. The molecule has 0 spiro atoms. The molecule has 0 saturated heterocycles. The summed E-state index contributed by atoms with van der Waals surface area (Å²) in [5, 5.41) is 16.1. The summed E-state index contributed by atoms with van der Waals surface area (Å²) in [6, 6.07) is 4.26. The molecule has 0 bridgehead atoms. The summed E-state index contributed by atoms with van der Waals surface area (Å²) < 4.78 is 6.85. The van der Waals surface area contributed by atoms with Crippen LogP contribution in [-0.2, 0) is 6.54 Å². The van der Waals surface area contributed by atoms with Crippen molar-refractivity contribution < 1.29 is 4.74 Å². The van der Waals surface area contributed by atoms with Gasteiger partial charge < -0.3 is 10.1 Å². The van der Waals surface area contributed by atoms with Gasteiger partial charge in [0.05, 0.1) is 13.7 Å². The van der Waals surface area contributed by atoms with E-state index in [9.17, 15) is 0 Å². The summed E-state index contributed by atoms with van der Waals surface area (Å²) in [7, 11) is 1.61. The van der Waals surface area contributed by atoms with Crippen molar-refractivity contribution in [1.29, 1.82) is 0 Å². The van der Waals surface area contributed by atoms with Crippen LogP contribution in [-0.4, -0.2) is 33.0 Å². The summed E-state index contributed by atoms with van der Waals surface area (Å²) >= 11 is 0. The SMILES string of the molecule is COc1ccc2nnc(CNC3CCCC3)n2n1. The van der Waals surface area contributed by atoms with Crippen LogP contribution in [0.3, 0.4) is 0 Å². The molecule has 2 aromatic rings. The predicted molar refractivity (Wildman–Crippen MR) is 66.4 cm³/mol. The largest absolute Gasteiger partial charge is 0.480 e. The van der Waals surface area contributed by atoms with Crippen LogP contribution in [0, 0.1) is 0 Å². The van der Waals surface area contributed by atoms with Gasteiger partial charge in [-0.25, -0.2) is 0 Å². The Hall–Kier alpha value is -1.69. The summed E-state index contributed by atoms with van der Waals surface area (Å²) in [5.41, 5.74) is 0.749. The standard InChI is InChI=1S/C12H17N5O/c1-18-12-7-6-10-14-15-11(17(10)16-12)8-13-9-4-2-3-5-9/h6-7,9,13H,2-5,8H2,1H3. The highest BCUT2D eigenvalue weighted by molar-refractivity contribution is 5.37. The molecule has 2 heterocycles. The molecule has 0 atom stereocenters. The molecule has 0 aliphatic heterocycles. The van der Waals surface area contributed by atoms with Crippen LogP contribution in [0.5, 0.6) is 5.88 Å². The van der Waals surface area contributed by atoms with Crippen LogP contribution in [0.2, 0.25) is 0 Å². The first kappa shape index (κ1) is 11.4. The Morgan fingerprint density at radius 1 is 1.33 bits per heavy atom. The molecular formula is C12H17N5O. The highest BCUT2D eigenvalue weighted by Crippen LogP contribution is 2.18. The molecule has 18 heavy (non-hydrogen) atoms. The second-order valence-corrected chi connectivity index (χ2v) is 4.62. The van der Waals surface area contributed by atoms with Crippen LogP contribution in [0.4, 0.5) is 0 Å². The van der Waals surface area contributed by atoms with Gasteiger partial charge in [-0.3, -0.25) is 0 Å². The molecule has 6 nitrogen and oxygen atoms in total. The van der Waals surface area contributed by atoms with Gasteiger partial charge in [-0.15, -0.1) is 15.3 Å². The third-order valence-corrected chi connectivity index (χ3v) is 3.42. The maximum atomic E-state index is 5.12. The zero-order valence-electron chi connectivity index (χ0n) is 10.5. The van der Waals surface area contributed by atoms with Gasteiger partial charge in [-0.2, -0.15) is 4.52 Å². The van der Waals surface area contributed by atoms with E-state index in [1.165, 1.54) is 25.7 Å². The molecule has 1 N–H and O–H groups in total. The third kappa shape index (κ3) is 2.15. The van der Waals surface area contributed by atoms with E-state index in [1.54, 1.807) is 17.7 Å². The maximum absolute atomic E-state index is 5.12. The van der Waals surface area contributed by atoms with Gasteiger partial charge in [0, 0.05) is 12.1 Å². The lowest BCUT2D eigenvalue weighted by Crippen LogP contribution is -2.26. The zero-order chi connectivity index (χ0) is 12.4. The molecule has 1 aliphatic rings. The first-order valence-electron chi connectivity index (χ1n) is 6.35. The quantitative estimate of drug-likeness (QED) is 0.878. The highest BCUT2D eigenvalue weighted by Gasteiger charge is 2.15. The van der Waals surface area contributed by atoms with E-state index in [2.05, 4.69) is 20.6 Å². The average Bonchev–Trinajstić information content (AvgIpc) is 3.05. The van der Waals surface area contributed by atoms with Crippen LogP contribution < -0.4 is 10.1 Å². The number of aromatic nitrogens is 4. The van der Waals surface area contributed by atoms with Gasteiger partial charge in [-0.1, -0.05) is 12.8 Å². The average molecular weight is 247 g/mol. The highest BCUT2D eigenvalue weighted by atomic mass is 16.5. The van der Waals surface area contributed by atoms with E-state index in [4.69, 9.17) is 4.74 Å². The van der Waals surface area contributed by atoms with Crippen molar-refractivity contribution in [2.75, 3.05) is 7.11 Å². The van der Waals surface area contributed by atoms with Crippen LogP contribution in [0.25, 0.3) is 5.65 Å². The smallest absolute Gasteiger partial charge is 0.231 e. The summed E-state index contributed by atoms with van der Waals surface area (Å²) in [4.78, 5) is 0. The molecule has 1 aliphatic carbocycles. The number of hydrogen-bond donors (Lipinski definition) is 1. The molecule has 0 amide bonds. The van der Waals surface area contributed by atoms with Gasteiger partial charge in [0.25, 0.3) is 0 Å². The van der Waals surface area contributed by atoms with Gasteiger partial charge in [0.15, 0.2) is 11.5 Å². The lowest BCUT2D eigenvalue weighted by Gasteiger charge is -2.10. The third-order valence-electron chi connectivity index (χ3n) is 3.42. The van der Waals surface area contributed by atoms with E-state index >= 15 is 0 Å². The molecule has 0 radical (unpaired) electrons. The van der Waals surface area contributed by atoms with Gasteiger partial charge >= 0.3 is 0 Å². The number of methoxy groups -OCH3 is 1. The minimum Gasteiger partial charge on any atom is -0.480 e. The number of fused-ring (bicyclic) bond motifs is 1. The first-order valence-corrected chi connectivity index (χ1v) is 6.35. The number of hydrogen-bond acceptors (Lipinski definition) is 5. The molecule has 3 rings (SSSR count). The molecule has 1 saturated carbocycles. The van der Waals surface area contributed by atoms with E-state index in [0.29, 0.717) is 18.5 Å². The minimum absolute atomic E-state index is 0.574. The fourth-order valence-corrected chi connectivity index (χ4v) is 2.40. The van der Waals surface area contributed by atoms with Crippen LogP contribution in [0.15, 0.2) is 12.1 Å². The summed E-state index contributed by atoms with van der Waals surface area (Å²) in [6.07, 6.45) is 5.16. The monoisotopic (exact) mass is 247 g/mol. The summed E-state index contributed by atoms with van der Waals surface area (Å²) in [6.45, 7) is 0.700. The molecular weight excluding hydrogens is 230 g/mol. The molecule has 0 unspecified atom stereocenters. The Morgan fingerprint density at radius 2 is 2.17 bits per heavy atom. The Bertz CT molecular complexity index is 532. The zero-order valence-corrected chi connectivity index (χ0v) is 10.5. The Balaban J connectivity index is 1.78. The van der Waals surface area contributed by atoms with Crippen molar-refractivity contribution in [1.82, 2.24) is 25.1 Å². The number of rotatable bonds is 4. The minimum atomic E-state index is 0.574. The maximum Gasteiger partial charge on any atom is 0.231 e. The van der Waals surface area contributed by atoms with E-state index < -0.39 is 0 Å². The number of ether oxygens (including phenoxy) is 1. The molecule has 6 heteroatoms. The van der Waals surface area contributed by atoms with Crippen molar-refractivity contribution in [3.63, 3.8) is 0 Å². The van der Waals surface area contributed by atoms with Crippen molar-refractivity contribution in [3.05, 3.63) is 18.0 Å². The van der Waals surface area contributed by atoms with Crippen LogP contribution in [0.1, 0.15) is 31.5 Å². The normalized spacial score (nSPS) is 16.5. The van der Waals surface area contributed by atoms with Crippen molar-refractivity contribution in [2.24, 2.45) is 0 Å². The van der Waals surface area contributed by atoms with Crippen molar-refractivity contribution in [2.45, 2.75) is 38.3 Å². The predicted octanol–water partition coefficient (Wildman–Crippen LogP) is 1.17. The first-order chi connectivity index (χ1) is 8.86. The number of nitrogens with zero attached hydrogens (tertiary/aromatic N) is 4. The lowest BCUT2D eigenvalue weighted by atomic mass is 10.2. The molecule has 0 aromatic carbocycles. The topological polar surface area (TPSA) is 64.3 Å². The fraction of sp³-hybridized carbons (Fsp3) is 0.583. The molecule has 2 aromatic heterocycles. The van der Waals surface area contributed by atoms with Crippen LogP contribution >= 0.6 is 0 Å². The fourth-order valence-electron chi connectivity index (χ4n) is 2.40. The van der Waals surface area contributed by atoms with Gasteiger partial charge in [0.1, 0.15) is 0 Å². The summed E-state index contributed by atoms with van der Waals surface area (Å²) in [5.74, 6) is 1.40. The van der Waals surface area contributed by atoms with E-state index in [-0.39, 0.29) is 0 Å². The van der Waals surface area contributed by atoms with Gasteiger partial charge in [-0.05, 0) is 18.9 Å². The van der Waals surface area contributed by atoms with E-state index in [0.717, 1.165) is 11.5 Å². The Labute approximate surface area is 105 Å². The Kier molecular flexibility index (Phi) is 3.10. The van der Waals surface area contributed by atoms with Gasteiger partial charge in [0.2, 0.25) is 5.88 Å². The van der Waals surface area contributed by atoms with Crippen molar-refractivity contribution in [3.8, 4) is 5.88 Å². The lowest BCUT2D eigenvalue weighted by molar-refractivity contribution is 0.388. The van der Waals surface area contributed by atoms with Crippen molar-refractivity contribution >= 4 is 5.65 Å².